The Morgan fingerprint density at radius 2 is 1.71 bits per heavy atom. The third-order valence-electron chi connectivity index (χ3n) is 6.76. The lowest BCUT2D eigenvalue weighted by atomic mass is 9.67. The van der Waals surface area contributed by atoms with Gasteiger partial charge in [-0.3, -0.25) is 9.59 Å². The summed E-state index contributed by atoms with van der Waals surface area (Å²) in [5, 5.41) is 10.9. The van der Waals surface area contributed by atoms with Gasteiger partial charge in [0.05, 0.1) is 12.1 Å². The number of Topliss-reactive ketones (excluding diaryl/α,β-unsaturated/α-hetero) is 1. The van der Waals surface area contributed by atoms with Crippen LogP contribution in [0.25, 0.3) is 6.08 Å². The molecule has 0 radical (unpaired) electrons. The van der Waals surface area contributed by atoms with Gasteiger partial charge in [-0.2, -0.15) is 5.26 Å². The Hall–Kier alpha value is -3.95. The fourth-order valence-electron chi connectivity index (χ4n) is 5.26. The molecule has 2 aliphatic heterocycles. The molecule has 7 heteroatoms. The number of ketones is 1. The van der Waals surface area contributed by atoms with Crippen molar-refractivity contribution in [1.82, 2.24) is 0 Å². The van der Waals surface area contributed by atoms with Crippen molar-refractivity contribution in [3.8, 4) is 6.07 Å². The molecule has 2 aliphatic rings. The first-order chi connectivity index (χ1) is 16.4. The Labute approximate surface area is 200 Å². The van der Waals surface area contributed by atoms with Crippen LogP contribution in [0.5, 0.6) is 0 Å². The van der Waals surface area contributed by atoms with E-state index in [0.717, 1.165) is 5.56 Å². The summed E-state index contributed by atoms with van der Waals surface area (Å²) in [4.78, 5) is 28.9. The van der Waals surface area contributed by atoms with Gasteiger partial charge in [-0.25, -0.2) is 4.39 Å². The number of fused-ring (bicyclic) bond motifs is 3. The molecule has 4 atom stereocenters. The summed E-state index contributed by atoms with van der Waals surface area (Å²) in [7, 11) is 0. The molecule has 0 aliphatic carbocycles. The first-order valence-electron chi connectivity index (χ1n) is 10.7. The molecule has 4 unspecified atom stereocenters. The van der Waals surface area contributed by atoms with Crippen molar-refractivity contribution < 1.29 is 14.0 Å². The minimum Gasteiger partial charge on any atom is -0.368 e. The molecule has 34 heavy (non-hydrogen) atoms. The standard InChI is InChI=1S/C27H19ClFN3O2/c28-19-10-5-18(6-11-19)25(33)24-23(17-7-12-20(29)13-8-17)27(15-30,26(31)34)22-14-9-16-3-1-2-4-21(16)32(22)24/h1-14,22-24H,(H2,31,34). The van der Waals surface area contributed by atoms with E-state index in [1.54, 1.807) is 30.3 Å². The van der Waals surface area contributed by atoms with Crippen LogP contribution in [0.1, 0.15) is 27.4 Å². The average molecular weight is 472 g/mol. The van der Waals surface area contributed by atoms with Gasteiger partial charge >= 0.3 is 0 Å². The average Bonchev–Trinajstić information content (AvgIpc) is 3.16. The number of amides is 1. The van der Waals surface area contributed by atoms with Crippen LogP contribution in [0.2, 0.25) is 5.02 Å². The highest BCUT2D eigenvalue weighted by Crippen LogP contribution is 2.55. The second-order valence-electron chi connectivity index (χ2n) is 8.46. The predicted octanol–water partition coefficient (Wildman–Crippen LogP) is 4.73. The summed E-state index contributed by atoms with van der Waals surface area (Å²) >= 11 is 6.03. The van der Waals surface area contributed by atoms with Crippen molar-refractivity contribution >= 4 is 35.1 Å². The van der Waals surface area contributed by atoms with Gasteiger partial charge in [0, 0.05) is 22.2 Å². The summed E-state index contributed by atoms with van der Waals surface area (Å²) in [6.45, 7) is 0. The van der Waals surface area contributed by atoms with Crippen LogP contribution >= 0.6 is 11.6 Å². The highest BCUT2D eigenvalue weighted by Gasteiger charge is 2.65. The number of carbonyl (C=O) groups excluding carboxylic acids is 2. The number of rotatable bonds is 4. The van der Waals surface area contributed by atoms with Crippen LogP contribution in [0.4, 0.5) is 10.1 Å². The first kappa shape index (κ1) is 21.9. The van der Waals surface area contributed by atoms with Gasteiger partial charge in [0.1, 0.15) is 11.9 Å². The number of nitriles is 1. The van der Waals surface area contributed by atoms with E-state index in [9.17, 15) is 19.2 Å². The lowest BCUT2D eigenvalue weighted by molar-refractivity contribution is -0.125. The quantitative estimate of drug-likeness (QED) is 0.557. The SMILES string of the molecule is N#CC1(C(N)=O)C(c2ccc(F)cc2)C(C(=O)c2ccc(Cl)cc2)N2c3ccccc3C=CC21. The van der Waals surface area contributed by atoms with E-state index < -0.39 is 35.1 Å². The van der Waals surface area contributed by atoms with Gasteiger partial charge in [-0.05, 0) is 53.6 Å². The largest absolute Gasteiger partial charge is 0.368 e. The zero-order chi connectivity index (χ0) is 24.0. The van der Waals surface area contributed by atoms with E-state index >= 15 is 0 Å². The monoisotopic (exact) mass is 471 g/mol. The van der Waals surface area contributed by atoms with E-state index in [0.29, 0.717) is 21.8 Å². The van der Waals surface area contributed by atoms with Crippen molar-refractivity contribution in [2.45, 2.75) is 18.0 Å². The number of nitrogens with zero attached hydrogens (tertiary/aromatic N) is 2. The predicted molar refractivity (Wildman–Crippen MR) is 128 cm³/mol. The molecule has 0 spiro atoms. The number of primary amides is 1. The molecule has 3 aromatic carbocycles. The van der Waals surface area contributed by atoms with Gasteiger partial charge in [0.25, 0.3) is 0 Å². The molecule has 0 saturated carbocycles. The molecule has 0 bridgehead atoms. The number of carbonyl (C=O) groups is 2. The number of anilines is 1. The summed E-state index contributed by atoms with van der Waals surface area (Å²) < 4.78 is 13.8. The molecule has 168 valence electrons. The highest BCUT2D eigenvalue weighted by molar-refractivity contribution is 6.30. The molecule has 0 aromatic heterocycles. The van der Waals surface area contributed by atoms with Gasteiger partial charge in [-0.1, -0.05) is 54.1 Å². The van der Waals surface area contributed by atoms with Crippen LogP contribution in [0.15, 0.2) is 78.9 Å². The van der Waals surface area contributed by atoms with Crippen LogP contribution in [0, 0.1) is 22.6 Å². The zero-order valence-electron chi connectivity index (χ0n) is 17.9. The summed E-state index contributed by atoms with van der Waals surface area (Å²) in [5.41, 5.74) is 6.58. The summed E-state index contributed by atoms with van der Waals surface area (Å²) in [5.74, 6) is -2.54. The molecule has 3 aromatic rings. The van der Waals surface area contributed by atoms with Crippen molar-refractivity contribution in [3.63, 3.8) is 0 Å². The lowest BCUT2D eigenvalue weighted by Gasteiger charge is -2.36. The molecule has 1 saturated heterocycles. The molecular weight excluding hydrogens is 453 g/mol. The maximum atomic E-state index is 14.1. The molecule has 1 amide bonds. The van der Waals surface area contributed by atoms with Gasteiger partial charge in [0.15, 0.2) is 11.2 Å². The number of benzene rings is 3. The second-order valence-corrected chi connectivity index (χ2v) is 8.90. The van der Waals surface area contributed by atoms with E-state index in [2.05, 4.69) is 6.07 Å². The first-order valence-corrected chi connectivity index (χ1v) is 11.1. The van der Waals surface area contributed by atoms with E-state index in [1.165, 1.54) is 24.3 Å². The third kappa shape index (κ3) is 3.12. The van der Waals surface area contributed by atoms with Crippen molar-refractivity contribution in [1.29, 1.82) is 5.26 Å². The maximum Gasteiger partial charge on any atom is 0.241 e. The van der Waals surface area contributed by atoms with Gasteiger partial charge in [-0.15, -0.1) is 0 Å². The van der Waals surface area contributed by atoms with E-state index in [-0.39, 0.29) is 5.78 Å². The summed E-state index contributed by atoms with van der Waals surface area (Å²) in [6.07, 6.45) is 3.59. The Bertz CT molecular complexity index is 1360. The van der Waals surface area contributed by atoms with Gasteiger partial charge < -0.3 is 10.6 Å². The van der Waals surface area contributed by atoms with Crippen molar-refractivity contribution in [3.05, 3.63) is 106 Å². The number of nitrogens with two attached hydrogens (primary N) is 1. The number of hydrogen-bond acceptors (Lipinski definition) is 4. The van der Waals surface area contributed by atoms with Crippen LogP contribution in [-0.2, 0) is 4.79 Å². The summed E-state index contributed by atoms with van der Waals surface area (Å²) in [6, 6.07) is 19.9. The Balaban J connectivity index is 1.80. The molecule has 5 rings (SSSR count). The van der Waals surface area contributed by atoms with Crippen molar-refractivity contribution in [2.75, 3.05) is 4.90 Å². The smallest absolute Gasteiger partial charge is 0.241 e. The normalized spacial score (nSPS) is 24.7. The minimum atomic E-state index is -1.77. The Morgan fingerprint density at radius 3 is 2.35 bits per heavy atom. The molecule has 1 fully saturated rings. The van der Waals surface area contributed by atoms with E-state index in [4.69, 9.17) is 17.3 Å². The number of para-hydroxylation sites is 1. The Kier molecular flexibility index (Phi) is 5.22. The van der Waals surface area contributed by atoms with E-state index in [1.807, 2.05) is 35.2 Å². The second kappa shape index (κ2) is 8.12. The fourth-order valence-corrected chi connectivity index (χ4v) is 5.38. The number of hydrogen-bond donors (Lipinski definition) is 1. The maximum absolute atomic E-state index is 14.1. The zero-order valence-corrected chi connectivity index (χ0v) is 18.6. The molecule has 2 heterocycles. The highest BCUT2D eigenvalue weighted by atomic mass is 35.5. The van der Waals surface area contributed by atoms with Crippen LogP contribution < -0.4 is 10.6 Å². The molecule has 2 N–H and O–H groups in total. The number of halogens is 2. The Morgan fingerprint density at radius 1 is 1.03 bits per heavy atom. The topological polar surface area (TPSA) is 87.2 Å². The minimum absolute atomic E-state index is 0.292. The van der Waals surface area contributed by atoms with Crippen LogP contribution in [-0.4, -0.2) is 23.8 Å². The molecule has 5 nitrogen and oxygen atoms in total. The lowest BCUT2D eigenvalue weighted by Crippen LogP contribution is -2.49. The van der Waals surface area contributed by atoms with Crippen molar-refractivity contribution in [2.24, 2.45) is 11.1 Å². The molecular formula is C27H19ClFN3O2. The van der Waals surface area contributed by atoms with Gasteiger partial charge in [0.2, 0.25) is 5.91 Å². The fraction of sp³-hybridized carbons (Fsp3) is 0.148. The third-order valence-corrected chi connectivity index (χ3v) is 7.02. The van der Waals surface area contributed by atoms with Crippen LogP contribution in [0.3, 0.4) is 0 Å².